The number of carbonyl (C=O) groups is 2. The molecule has 0 aliphatic heterocycles. The molecular formula is C20H22N2O3. The minimum Gasteiger partial charge on any atom is -0.481 e. The number of fused-ring (bicyclic) bond motifs is 1. The zero-order valence-corrected chi connectivity index (χ0v) is 14.2. The van der Waals surface area contributed by atoms with E-state index in [0.717, 1.165) is 23.6 Å². The van der Waals surface area contributed by atoms with E-state index in [-0.39, 0.29) is 17.7 Å². The Bertz CT molecular complexity index is 800. The van der Waals surface area contributed by atoms with Gasteiger partial charge >= 0.3 is 0 Å². The third kappa shape index (κ3) is 4.38. The van der Waals surface area contributed by atoms with Gasteiger partial charge in [-0.2, -0.15) is 0 Å². The van der Waals surface area contributed by atoms with Crippen LogP contribution in [0.25, 0.3) is 10.8 Å². The molecule has 2 aromatic carbocycles. The molecule has 5 heteroatoms. The summed E-state index contributed by atoms with van der Waals surface area (Å²) in [5.74, 6) is -0.00410. The second-order valence-corrected chi connectivity index (χ2v) is 6.23. The first-order valence-electron chi connectivity index (χ1n) is 8.53. The molecule has 2 N–H and O–H groups in total. The van der Waals surface area contributed by atoms with Crippen LogP contribution >= 0.6 is 0 Å². The highest BCUT2D eigenvalue weighted by Crippen LogP contribution is 2.21. The lowest BCUT2D eigenvalue weighted by Crippen LogP contribution is -2.49. The van der Waals surface area contributed by atoms with Crippen LogP contribution in [0.15, 0.2) is 54.6 Å². The number of hydrogen-bond donors (Lipinski definition) is 2. The summed E-state index contributed by atoms with van der Waals surface area (Å²) < 4.78 is 5.69. The molecule has 2 atom stereocenters. The minimum absolute atomic E-state index is 0.0815. The zero-order valence-electron chi connectivity index (χ0n) is 14.2. The normalized spacial score (nSPS) is 17.7. The molecular weight excluding hydrogens is 316 g/mol. The maximum Gasteiger partial charge on any atom is 0.279 e. The van der Waals surface area contributed by atoms with E-state index in [0.29, 0.717) is 12.2 Å². The SMILES string of the molecule is CC(Oc1ccc2ccccc2c1)C(=O)NNC(=O)C1CC=CCC1. The highest BCUT2D eigenvalue weighted by atomic mass is 16.5. The van der Waals surface area contributed by atoms with E-state index in [1.165, 1.54) is 0 Å². The van der Waals surface area contributed by atoms with Crippen LogP contribution in [-0.2, 0) is 9.59 Å². The first kappa shape index (κ1) is 17.0. The van der Waals surface area contributed by atoms with Gasteiger partial charge in [-0.3, -0.25) is 20.4 Å². The first-order valence-corrected chi connectivity index (χ1v) is 8.53. The second kappa shape index (κ2) is 7.83. The van der Waals surface area contributed by atoms with E-state index in [4.69, 9.17) is 4.74 Å². The van der Waals surface area contributed by atoms with Crippen molar-refractivity contribution in [1.29, 1.82) is 0 Å². The highest BCUT2D eigenvalue weighted by Gasteiger charge is 2.21. The van der Waals surface area contributed by atoms with Crippen molar-refractivity contribution < 1.29 is 14.3 Å². The molecule has 0 bridgehead atoms. The average Bonchev–Trinajstić information content (AvgIpc) is 2.66. The smallest absolute Gasteiger partial charge is 0.279 e. The van der Waals surface area contributed by atoms with Gasteiger partial charge in [-0.1, -0.05) is 42.5 Å². The molecule has 0 saturated carbocycles. The number of allylic oxidation sites excluding steroid dienone is 2. The van der Waals surface area contributed by atoms with Gasteiger partial charge in [0.1, 0.15) is 5.75 Å². The van der Waals surface area contributed by atoms with Gasteiger partial charge in [-0.25, -0.2) is 0 Å². The monoisotopic (exact) mass is 338 g/mol. The first-order chi connectivity index (χ1) is 12.1. The third-order valence-corrected chi connectivity index (χ3v) is 4.35. The molecule has 25 heavy (non-hydrogen) atoms. The van der Waals surface area contributed by atoms with E-state index in [1.807, 2.05) is 48.5 Å². The fraction of sp³-hybridized carbons (Fsp3) is 0.300. The van der Waals surface area contributed by atoms with Crippen LogP contribution in [0.1, 0.15) is 26.2 Å². The number of benzene rings is 2. The van der Waals surface area contributed by atoms with Crippen LogP contribution in [-0.4, -0.2) is 17.9 Å². The Morgan fingerprint density at radius 1 is 1.08 bits per heavy atom. The lowest BCUT2D eigenvalue weighted by molar-refractivity contribution is -0.134. The van der Waals surface area contributed by atoms with Crippen LogP contribution in [0.4, 0.5) is 0 Å². The maximum atomic E-state index is 12.1. The summed E-state index contributed by atoms with van der Waals surface area (Å²) >= 11 is 0. The number of hydrazine groups is 1. The molecule has 0 heterocycles. The van der Waals surface area contributed by atoms with Crippen LogP contribution in [0.5, 0.6) is 5.75 Å². The lowest BCUT2D eigenvalue weighted by atomic mass is 9.94. The largest absolute Gasteiger partial charge is 0.481 e. The van der Waals surface area contributed by atoms with Crippen molar-refractivity contribution in [3.05, 3.63) is 54.6 Å². The topological polar surface area (TPSA) is 67.4 Å². The van der Waals surface area contributed by atoms with Crippen molar-refractivity contribution in [2.24, 2.45) is 5.92 Å². The van der Waals surface area contributed by atoms with E-state index in [1.54, 1.807) is 6.92 Å². The Hall–Kier alpha value is -2.82. The average molecular weight is 338 g/mol. The number of rotatable bonds is 4. The Labute approximate surface area is 147 Å². The second-order valence-electron chi connectivity index (χ2n) is 6.23. The number of ether oxygens (including phenoxy) is 1. The molecule has 5 nitrogen and oxygen atoms in total. The van der Waals surface area contributed by atoms with Crippen molar-refractivity contribution in [2.75, 3.05) is 0 Å². The Morgan fingerprint density at radius 2 is 1.88 bits per heavy atom. The predicted molar refractivity (Wildman–Crippen MR) is 96.8 cm³/mol. The van der Waals surface area contributed by atoms with Crippen LogP contribution in [0.2, 0.25) is 0 Å². The lowest BCUT2D eigenvalue weighted by Gasteiger charge is -2.19. The van der Waals surface area contributed by atoms with Crippen molar-refractivity contribution in [3.8, 4) is 5.75 Å². The standard InChI is InChI=1S/C20H22N2O3/c1-14(19(23)21-22-20(24)16-8-3-2-4-9-16)25-18-12-11-15-7-5-6-10-17(15)13-18/h2-3,5-7,10-14,16H,4,8-9H2,1H3,(H,21,23)(H,22,24). The summed E-state index contributed by atoms with van der Waals surface area (Å²) in [6, 6.07) is 13.6. The third-order valence-electron chi connectivity index (χ3n) is 4.35. The fourth-order valence-electron chi connectivity index (χ4n) is 2.86. The maximum absolute atomic E-state index is 12.1. The van der Waals surface area contributed by atoms with Crippen molar-refractivity contribution in [1.82, 2.24) is 10.9 Å². The summed E-state index contributed by atoms with van der Waals surface area (Å²) in [6.07, 6.45) is 5.77. The van der Waals surface area contributed by atoms with Crippen molar-refractivity contribution >= 4 is 22.6 Å². The Balaban J connectivity index is 1.52. The van der Waals surface area contributed by atoms with Gasteiger partial charge in [-0.15, -0.1) is 0 Å². The summed E-state index contributed by atoms with van der Waals surface area (Å²) in [6.45, 7) is 1.65. The van der Waals surface area contributed by atoms with E-state index in [9.17, 15) is 9.59 Å². The van der Waals surface area contributed by atoms with Gasteiger partial charge in [-0.05, 0) is 49.1 Å². The van der Waals surface area contributed by atoms with E-state index in [2.05, 4.69) is 16.9 Å². The Morgan fingerprint density at radius 3 is 2.64 bits per heavy atom. The predicted octanol–water partition coefficient (Wildman–Crippen LogP) is 3.11. The van der Waals surface area contributed by atoms with Crippen molar-refractivity contribution in [2.45, 2.75) is 32.3 Å². The molecule has 2 unspecified atom stereocenters. The van der Waals surface area contributed by atoms with Crippen LogP contribution in [0.3, 0.4) is 0 Å². The summed E-state index contributed by atoms with van der Waals surface area (Å²) in [4.78, 5) is 24.2. The molecule has 0 radical (unpaired) electrons. The van der Waals surface area contributed by atoms with Crippen LogP contribution in [0, 0.1) is 5.92 Å². The highest BCUT2D eigenvalue weighted by molar-refractivity contribution is 5.86. The van der Waals surface area contributed by atoms with Gasteiger partial charge in [0.15, 0.2) is 6.10 Å². The van der Waals surface area contributed by atoms with Crippen molar-refractivity contribution in [3.63, 3.8) is 0 Å². The molecule has 0 saturated heterocycles. The van der Waals surface area contributed by atoms with Gasteiger partial charge in [0.05, 0.1) is 0 Å². The van der Waals surface area contributed by atoms with Gasteiger partial charge in [0, 0.05) is 5.92 Å². The van der Waals surface area contributed by atoms with Gasteiger partial charge < -0.3 is 4.74 Å². The number of amides is 2. The number of carbonyl (C=O) groups excluding carboxylic acids is 2. The molecule has 3 rings (SSSR count). The van der Waals surface area contributed by atoms with Crippen LogP contribution < -0.4 is 15.6 Å². The summed E-state index contributed by atoms with van der Waals surface area (Å²) in [5, 5.41) is 2.16. The van der Waals surface area contributed by atoms with Gasteiger partial charge in [0.25, 0.3) is 5.91 Å². The minimum atomic E-state index is -0.715. The van der Waals surface area contributed by atoms with E-state index >= 15 is 0 Å². The molecule has 0 aromatic heterocycles. The summed E-state index contributed by atoms with van der Waals surface area (Å²) in [7, 11) is 0. The Kier molecular flexibility index (Phi) is 5.33. The zero-order chi connectivity index (χ0) is 17.6. The molecule has 0 fully saturated rings. The summed E-state index contributed by atoms with van der Waals surface area (Å²) in [5.41, 5.74) is 4.95. The molecule has 2 aromatic rings. The molecule has 1 aliphatic carbocycles. The van der Waals surface area contributed by atoms with E-state index < -0.39 is 6.10 Å². The molecule has 0 spiro atoms. The van der Waals surface area contributed by atoms with Gasteiger partial charge in [0.2, 0.25) is 5.91 Å². The number of nitrogens with one attached hydrogen (secondary N) is 2. The molecule has 1 aliphatic rings. The molecule has 130 valence electrons. The number of hydrogen-bond acceptors (Lipinski definition) is 3. The fourth-order valence-corrected chi connectivity index (χ4v) is 2.86. The molecule has 2 amide bonds. The quantitative estimate of drug-likeness (QED) is 0.665.